The summed E-state index contributed by atoms with van der Waals surface area (Å²) < 4.78 is 0. The quantitative estimate of drug-likeness (QED) is 0.579. The van der Waals surface area contributed by atoms with Gasteiger partial charge in [-0.15, -0.1) is 0 Å². The molecule has 3 N–H and O–H groups in total. The van der Waals surface area contributed by atoms with Crippen molar-refractivity contribution in [3.8, 4) is 0 Å². The van der Waals surface area contributed by atoms with Crippen LogP contribution in [0.2, 0.25) is 0 Å². The Hall–Kier alpha value is -0.610. The fourth-order valence-electron chi connectivity index (χ4n) is 1.64. The van der Waals surface area contributed by atoms with E-state index in [4.69, 9.17) is 10.8 Å². The van der Waals surface area contributed by atoms with Gasteiger partial charge in [0, 0.05) is 12.1 Å². The van der Waals surface area contributed by atoms with Crippen LogP contribution in [0.1, 0.15) is 20.3 Å². The lowest BCUT2D eigenvalue weighted by Gasteiger charge is -2.38. The molecule has 1 saturated heterocycles. The SMILES string of the molecule is CN1CCC(N)(C(=O)O)C1(C)C. The van der Waals surface area contributed by atoms with Gasteiger partial charge >= 0.3 is 5.97 Å². The number of likely N-dealkylation sites (tertiary alicyclic amines) is 1. The zero-order valence-corrected chi connectivity index (χ0v) is 7.79. The largest absolute Gasteiger partial charge is 0.480 e. The summed E-state index contributed by atoms with van der Waals surface area (Å²) in [4.78, 5) is 12.9. The standard InChI is InChI=1S/C8H16N2O2/c1-7(2)8(9,6(11)12)4-5-10(7)3/h4-5,9H2,1-3H3,(H,11,12). The van der Waals surface area contributed by atoms with Crippen LogP contribution in [-0.2, 0) is 4.79 Å². The van der Waals surface area contributed by atoms with Gasteiger partial charge in [-0.3, -0.25) is 9.69 Å². The minimum atomic E-state index is -1.10. The predicted octanol–water partition coefficient (Wildman–Crippen LogP) is -0.117. The van der Waals surface area contributed by atoms with E-state index < -0.39 is 17.0 Å². The van der Waals surface area contributed by atoms with E-state index in [-0.39, 0.29) is 0 Å². The van der Waals surface area contributed by atoms with Gasteiger partial charge in [0.15, 0.2) is 0 Å². The summed E-state index contributed by atoms with van der Waals surface area (Å²) in [5, 5.41) is 8.97. The number of nitrogens with zero attached hydrogens (tertiary/aromatic N) is 1. The third kappa shape index (κ3) is 0.949. The second-order valence-electron chi connectivity index (χ2n) is 4.01. The summed E-state index contributed by atoms with van der Waals surface area (Å²) in [5.74, 6) is -0.906. The molecule has 0 aromatic carbocycles. The second kappa shape index (κ2) is 2.44. The van der Waals surface area contributed by atoms with Gasteiger partial charge in [0.25, 0.3) is 0 Å². The summed E-state index contributed by atoms with van der Waals surface area (Å²) in [6, 6.07) is 0. The molecule has 0 aliphatic carbocycles. The predicted molar refractivity (Wildman–Crippen MR) is 45.9 cm³/mol. The molecule has 1 rings (SSSR count). The molecular weight excluding hydrogens is 156 g/mol. The lowest BCUT2D eigenvalue weighted by Crippen LogP contribution is -2.63. The van der Waals surface area contributed by atoms with Crippen LogP contribution < -0.4 is 5.73 Å². The zero-order chi connectivity index (χ0) is 9.57. The average Bonchev–Trinajstić information content (AvgIpc) is 2.15. The molecule has 0 aromatic rings. The monoisotopic (exact) mass is 172 g/mol. The normalized spacial score (nSPS) is 35.3. The number of hydrogen-bond acceptors (Lipinski definition) is 3. The molecular formula is C8H16N2O2. The van der Waals surface area contributed by atoms with E-state index in [1.165, 1.54) is 0 Å². The number of aliphatic carboxylic acids is 1. The van der Waals surface area contributed by atoms with Gasteiger partial charge < -0.3 is 10.8 Å². The molecule has 0 radical (unpaired) electrons. The maximum Gasteiger partial charge on any atom is 0.325 e. The van der Waals surface area contributed by atoms with Gasteiger partial charge in [-0.2, -0.15) is 0 Å². The summed E-state index contributed by atoms with van der Waals surface area (Å²) in [7, 11) is 1.90. The first-order valence-electron chi connectivity index (χ1n) is 4.06. The first-order valence-corrected chi connectivity index (χ1v) is 4.06. The lowest BCUT2D eigenvalue weighted by atomic mass is 9.81. The van der Waals surface area contributed by atoms with Crippen LogP contribution in [0.4, 0.5) is 0 Å². The van der Waals surface area contributed by atoms with Crippen molar-refractivity contribution >= 4 is 5.97 Å². The molecule has 1 aliphatic rings. The van der Waals surface area contributed by atoms with Gasteiger partial charge in [0.1, 0.15) is 5.54 Å². The van der Waals surface area contributed by atoms with E-state index in [1.807, 2.05) is 25.8 Å². The Labute approximate surface area is 72.3 Å². The highest BCUT2D eigenvalue weighted by Gasteiger charge is 2.54. The third-order valence-corrected chi connectivity index (χ3v) is 3.27. The highest BCUT2D eigenvalue weighted by atomic mass is 16.4. The molecule has 1 aliphatic heterocycles. The minimum absolute atomic E-state index is 0.459. The molecule has 0 saturated carbocycles. The fraction of sp³-hybridized carbons (Fsp3) is 0.875. The molecule has 1 unspecified atom stereocenters. The van der Waals surface area contributed by atoms with Crippen LogP contribution in [0.25, 0.3) is 0 Å². The second-order valence-corrected chi connectivity index (χ2v) is 4.01. The fourth-order valence-corrected chi connectivity index (χ4v) is 1.64. The molecule has 4 nitrogen and oxygen atoms in total. The number of nitrogens with two attached hydrogens (primary N) is 1. The summed E-state index contributed by atoms with van der Waals surface area (Å²) in [5.41, 5.74) is 4.27. The van der Waals surface area contributed by atoms with E-state index in [0.29, 0.717) is 6.42 Å². The first-order chi connectivity index (χ1) is 5.32. The molecule has 0 aromatic heterocycles. The van der Waals surface area contributed by atoms with Gasteiger partial charge in [0.2, 0.25) is 0 Å². The van der Waals surface area contributed by atoms with Crippen molar-refractivity contribution in [2.75, 3.05) is 13.6 Å². The van der Waals surface area contributed by atoms with E-state index in [9.17, 15) is 4.79 Å². The maximum absolute atomic E-state index is 10.9. The van der Waals surface area contributed by atoms with Crippen LogP contribution in [0.5, 0.6) is 0 Å². The van der Waals surface area contributed by atoms with Crippen molar-refractivity contribution < 1.29 is 9.90 Å². The summed E-state index contributed by atoms with van der Waals surface area (Å²) in [6.07, 6.45) is 0.520. The van der Waals surface area contributed by atoms with Crippen molar-refractivity contribution in [2.45, 2.75) is 31.3 Å². The van der Waals surface area contributed by atoms with E-state index >= 15 is 0 Å². The molecule has 0 bridgehead atoms. The maximum atomic E-state index is 10.9. The van der Waals surface area contributed by atoms with Crippen LogP contribution in [-0.4, -0.2) is 40.6 Å². The van der Waals surface area contributed by atoms with Crippen molar-refractivity contribution in [3.63, 3.8) is 0 Å². The van der Waals surface area contributed by atoms with Crippen molar-refractivity contribution in [1.82, 2.24) is 4.90 Å². The third-order valence-electron chi connectivity index (χ3n) is 3.27. The average molecular weight is 172 g/mol. The molecule has 70 valence electrons. The van der Waals surface area contributed by atoms with Crippen molar-refractivity contribution in [1.29, 1.82) is 0 Å². The summed E-state index contributed by atoms with van der Waals surface area (Å²) >= 11 is 0. The Bertz CT molecular complexity index is 215. The van der Waals surface area contributed by atoms with E-state index in [1.54, 1.807) is 0 Å². The van der Waals surface area contributed by atoms with Crippen molar-refractivity contribution in [2.24, 2.45) is 5.73 Å². The van der Waals surface area contributed by atoms with Gasteiger partial charge in [0.05, 0.1) is 0 Å². The Balaban J connectivity index is 3.01. The van der Waals surface area contributed by atoms with Gasteiger partial charge in [-0.25, -0.2) is 0 Å². The molecule has 0 amide bonds. The van der Waals surface area contributed by atoms with Crippen LogP contribution in [0.15, 0.2) is 0 Å². The van der Waals surface area contributed by atoms with Gasteiger partial charge in [-0.1, -0.05) is 0 Å². The number of carboxylic acids is 1. The Kier molecular flexibility index (Phi) is 1.92. The van der Waals surface area contributed by atoms with E-state index in [2.05, 4.69) is 0 Å². The molecule has 4 heteroatoms. The van der Waals surface area contributed by atoms with Crippen molar-refractivity contribution in [3.05, 3.63) is 0 Å². The van der Waals surface area contributed by atoms with Crippen LogP contribution in [0, 0.1) is 0 Å². The topological polar surface area (TPSA) is 66.6 Å². The van der Waals surface area contributed by atoms with E-state index in [0.717, 1.165) is 6.54 Å². The highest BCUT2D eigenvalue weighted by molar-refractivity contribution is 5.81. The highest BCUT2D eigenvalue weighted by Crippen LogP contribution is 2.35. The molecule has 12 heavy (non-hydrogen) atoms. The summed E-state index contributed by atoms with van der Waals surface area (Å²) in [6.45, 7) is 4.48. The minimum Gasteiger partial charge on any atom is -0.480 e. The Morgan fingerprint density at radius 2 is 2.08 bits per heavy atom. The molecule has 1 atom stereocenters. The Morgan fingerprint density at radius 1 is 1.58 bits per heavy atom. The first kappa shape index (κ1) is 9.48. The molecule has 0 spiro atoms. The number of carboxylic acid groups (broad SMARTS) is 1. The van der Waals surface area contributed by atoms with Crippen LogP contribution in [0.3, 0.4) is 0 Å². The smallest absolute Gasteiger partial charge is 0.325 e. The zero-order valence-electron chi connectivity index (χ0n) is 7.79. The number of likely N-dealkylation sites (N-methyl/N-ethyl adjacent to an activating group) is 1. The number of hydrogen-bond donors (Lipinski definition) is 2. The van der Waals surface area contributed by atoms with Crippen LogP contribution >= 0.6 is 0 Å². The Morgan fingerprint density at radius 3 is 2.25 bits per heavy atom. The number of carbonyl (C=O) groups is 1. The van der Waals surface area contributed by atoms with Gasteiger partial charge in [-0.05, 0) is 27.3 Å². The lowest BCUT2D eigenvalue weighted by molar-refractivity contribution is -0.146. The molecule has 1 heterocycles. The molecule has 1 fully saturated rings. The number of rotatable bonds is 1.